The Morgan fingerprint density at radius 3 is 2.54 bits per heavy atom. The maximum atomic E-state index is 13.2. The summed E-state index contributed by atoms with van der Waals surface area (Å²) >= 11 is 0. The number of aryl methyl sites for hydroxylation is 1. The Morgan fingerprint density at radius 1 is 1.46 bits per heavy atom. The molecule has 0 fully saturated rings. The molecule has 0 amide bonds. The average molecular weight is 179 g/mol. The number of hydrogen-bond donors (Lipinski definition) is 2. The van der Waals surface area contributed by atoms with Crippen LogP contribution < -0.4 is 5.46 Å². The zero-order valence-electron chi connectivity index (χ0n) is 6.95. The topological polar surface area (TPSA) is 64.2 Å². The lowest BCUT2D eigenvalue weighted by Gasteiger charge is -2.04. The molecule has 5 heteroatoms. The van der Waals surface area contributed by atoms with E-state index in [4.69, 9.17) is 15.3 Å². The van der Waals surface area contributed by atoms with Gasteiger partial charge in [-0.15, -0.1) is 0 Å². The number of rotatable bonds is 1. The van der Waals surface area contributed by atoms with Gasteiger partial charge in [0.25, 0.3) is 0 Å². The lowest BCUT2D eigenvalue weighted by Crippen LogP contribution is -2.33. The van der Waals surface area contributed by atoms with Gasteiger partial charge >= 0.3 is 7.12 Å². The molecule has 0 aliphatic heterocycles. The second-order valence-electron chi connectivity index (χ2n) is 2.70. The van der Waals surface area contributed by atoms with E-state index in [-0.39, 0.29) is 11.0 Å². The summed E-state index contributed by atoms with van der Waals surface area (Å²) < 4.78 is 13.2. The lowest BCUT2D eigenvalue weighted by atomic mass is 9.78. The quantitative estimate of drug-likeness (QED) is 0.581. The maximum absolute atomic E-state index is 13.2. The summed E-state index contributed by atoms with van der Waals surface area (Å²) in [5.74, 6) is -0.872. The maximum Gasteiger partial charge on any atom is 0.491 e. The lowest BCUT2D eigenvalue weighted by molar-refractivity contribution is 0.423. The fourth-order valence-corrected chi connectivity index (χ4v) is 1.07. The molecule has 0 atom stereocenters. The van der Waals surface area contributed by atoms with Crippen LogP contribution in [0.2, 0.25) is 0 Å². The van der Waals surface area contributed by atoms with Gasteiger partial charge in [-0.05, 0) is 18.6 Å². The van der Waals surface area contributed by atoms with E-state index in [0.717, 1.165) is 0 Å². The fourth-order valence-electron chi connectivity index (χ4n) is 1.07. The molecule has 0 radical (unpaired) electrons. The van der Waals surface area contributed by atoms with E-state index in [1.54, 1.807) is 13.0 Å². The van der Waals surface area contributed by atoms with Crippen LogP contribution in [0, 0.1) is 24.1 Å². The summed E-state index contributed by atoms with van der Waals surface area (Å²) in [7, 11) is -1.88. The summed E-state index contributed by atoms with van der Waals surface area (Å²) in [6.07, 6.45) is 0. The van der Waals surface area contributed by atoms with Crippen molar-refractivity contribution in [3.8, 4) is 6.07 Å². The summed E-state index contributed by atoms with van der Waals surface area (Å²) in [4.78, 5) is 0. The van der Waals surface area contributed by atoms with E-state index in [9.17, 15) is 4.39 Å². The molecule has 1 rings (SSSR count). The van der Waals surface area contributed by atoms with Gasteiger partial charge in [-0.25, -0.2) is 4.39 Å². The van der Waals surface area contributed by atoms with Crippen LogP contribution in [0.5, 0.6) is 0 Å². The number of hydrogen-bond acceptors (Lipinski definition) is 3. The monoisotopic (exact) mass is 179 g/mol. The van der Waals surface area contributed by atoms with Gasteiger partial charge in [0.05, 0.1) is 5.56 Å². The normalized spacial score (nSPS) is 9.46. The molecule has 2 N–H and O–H groups in total. The van der Waals surface area contributed by atoms with Gasteiger partial charge in [0.1, 0.15) is 11.9 Å². The zero-order valence-corrected chi connectivity index (χ0v) is 6.95. The summed E-state index contributed by atoms with van der Waals surface area (Å²) in [5, 5.41) is 26.0. The van der Waals surface area contributed by atoms with E-state index in [2.05, 4.69) is 0 Å². The van der Waals surface area contributed by atoms with Crippen molar-refractivity contribution in [2.24, 2.45) is 0 Å². The van der Waals surface area contributed by atoms with Gasteiger partial charge in [-0.3, -0.25) is 0 Å². The number of nitriles is 1. The first-order valence-corrected chi connectivity index (χ1v) is 3.62. The largest absolute Gasteiger partial charge is 0.491 e. The Morgan fingerprint density at radius 2 is 2.08 bits per heavy atom. The Hall–Kier alpha value is -1.38. The molecule has 66 valence electrons. The zero-order chi connectivity index (χ0) is 10.0. The van der Waals surface area contributed by atoms with Crippen LogP contribution in [-0.4, -0.2) is 17.2 Å². The highest BCUT2D eigenvalue weighted by Crippen LogP contribution is 2.06. The molecule has 0 bridgehead atoms. The predicted octanol–water partition coefficient (Wildman–Crippen LogP) is -0.314. The molecule has 0 aromatic heterocycles. The third-order valence-electron chi connectivity index (χ3n) is 1.64. The first-order valence-electron chi connectivity index (χ1n) is 3.62. The predicted molar refractivity (Wildman–Crippen MR) is 45.7 cm³/mol. The third-order valence-corrected chi connectivity index (χ3v) is 1.64. The molecule has 0 aliphatic carbocycles. The summed E-state index contributed by atoms with van der Waals surface area (Å²) in [5.41, 5.74) is 0.167. The van der Waals surface area contributed by atoms with E-state index >= 15 is 0 Å². The van der Waals surface area contributed by atoms with Crippen molar-refractivity contribution in [3.05, 3.63) is 29.1 Å². The van der Waals surface area contributed by atoms with E-state index < -0.39 is 12.9 Å². The molecule has 0 heterocycles. The van der Waals surface area contributed by atoms with Gasteiger partial charge in [0.15, 0.2) is 0 Å². The van der Waals surface area contributed by atoms with Crippen molar-refractivity contribution in [3.63, 3.8) is 0 Å². The minimum absolute atomic E-state index is 0.178. The van der Waals surface area contributed by atoms with E-state index in [0.29, 0.717) is 5.56 Å². The molecule has 3 nitrogen and oxygen atoms in total. The summed E-state index contributed by atoms with van der Waals surface area (Å²) in [6, 6.07) is 4.28. The van der Waals surface area contributed by atoms with Crippen LogP contribution >= 0.6 is 0 Å². The molecule has 1 aromatic carbocycles. The highest BCUT2D eigenvalue weighted by Gasteiger charge is 2.19. The number of nitrogens with zero attached hydrogens (tertiary/aromatic N) is 1. The van der Waals surface area contributed by atoms with Gasteiger partial charge in [0, 0.05) is 5.46 Å². The molecular formula is C8H7BFNO2. The highest BCUT2D eigenvalue weighted by molar-refractivity contribution is 6.58. The van der Waals surface area contributed by atoms with Crippen LogP contribution in [0.1, 0.15) is 11.1 Å². The second kappa shape index (κ2) is 3.56. The molecule has 0 aliphatic rings. The highest BCUT2D eigenvalue weighted by atomic mass is 19.1. The standard InChI is InChI=1S/C8H7BFNO2/c1-5-2-6(4-11)8(10)7(3-5)9(12)13/h2-3,12-13H,1H3. The van der Waals surface area contributed by atoms with Crippen molar-refractivity contribution >= 4 is 12.6 Å². The van der Waals surface area contributed by atoms with Crippen molar-refractivity contribution in [2.75, 3.05) is 0 Å². The Kier molecular flexibility index (Phi) is 2.66. The minimum Gasteiger partial charge on any atom is -0.423 e. The van der Waals surface area contributed by atoms with Gasteiger partial charge in [-0.1, -0.05) is 6.07 Å². The first-order chi connectivity index (χ1) is 6.06. The SMILES string of the molecule is Cc1cc(C#N)c(F)c(B(O)O)c1. The van der Waals surface area contributed by atoms with Crippen LogP contribution in [0.4, 0.5) is 4.39 Å². The minimum atomic E-state index is -1.88. The van der Waals surface area contributed by atoms with Gasteiger partial charge in [-0.2, -0.15) is 5.26 Å². The molecular weight excluding hydrogens is 172 g/mol. The average Bonchev–Trinajstić information content (AvgIpc) is 2.08. The smallest absolute Gasteiger partial charge is 0.423 e. The molecule has 0 saturated heterocycles. The fraction of sp³-hybridized carbons (Fsp3) is 0.125. The molecule has 0 saturated carbocycles. The number of halogens is 1. The first kappa shape index (κ1) is 9.71. The van der Waals surface area contributed by atoms with E-state index in [1.165, 1.54) is 12.1 Å². The van der Waals surface area contributed by atoms with Crippen LogP contribution in [0.25, 0.3) is 0 Å². The van der Waals surface area contributed by atoms with Crippen LogP contribution in [0.3, 0.4) is 0 Å². The third kappa shape index (κ3) is 1.86. The van der Waals surface area contributed by atoms with Crippen LogP contribution in [0.15, 0.2) is 12.1 Å². The van der Waals surface area contributed by atoms with Gasteiger partial charge < -0.3 is 10.0 Å². The summed E-state index contributed by atoms with van der Waals surface area (Å²) in [6.45, 7) is 1.64. The number of benzene rings is 1. The van der Waals surface area contributed by atoms with E-state index in [1.807, 2.05) is 0 Å². The van der Waals surface area contributed by atoms with Crippen molar-refractivity contribution < 1.29 is 14.4 Å². The van der Waals surface area contributed by atoms with Crippen LogP contribution in [-0.2, 0) is 0 Å². The Labute approximate surface area is 75.2 Å². The Bertz CT molecular complexity index is 373. The van der Waals surface area contributed by atoms with Gasteiger partial charge in [0.2, 0.25) is 0 Å². The Balaban J connectivity index is 3.38. The molecule has 1 aromatic rings. The molecule has 0 unspecified atom stereocenters. The van der Waals surface area contributed by atoms with Crippen molar-refractivity contribution in [2.45, 2.75) is 6.92 Å². The second-order valence-corrected chi connectivity index (χ2v) is 2.70. The molecule has 13 heavy (non-hydrogen) atoms. The van der Waals surface area contributed by atoms with Crippen molar-refractivity contribution in [1.29, 1.82) is 5.26 Å². The molecule has 0 spiro atoms. The van der Waals surface area contributed by atoms with Crippen molar-refractivity contribution in [1.82, 2.24) is 0 Å².